The molecule has 0 unspecified atom stereocenters. The van der Waals surface area contributed by atoms with Crippen LogP contribution in [0.15, 0.2) is 6.07 Å². The van der Waals surface area contributed by atoms with Gasteiger partial charge in [0.2, 0.25) is 5.91 Å². The first-order chi connectivity index (χ1) is 7.00. The number of nitrogens with one attached hydrogen (secondary N) is 1. The van der Waals surface area contributed by atoms with Crippen LogP contribution in [0.4, 0.5) is 5.69 Å². The van der Waals surface area contributed by atoms with Gasteiger partial charge in [0.05, 0.1) is 12.1 Å². The Morgan fingerprint density at radius 2 is 2.07 bits per heavy atom. The molecule has 3 nitrogen and oxygen atoms in total. The number of rotatable bonds is 1. The first kappa shape index (κ1) is 9.90. The lowest BCUT2D eigenvalue weighted by atomic mass is 9.95. The van der Waals surface area contributed by atoms with Crippen LogP contribution in [0.3, 0.4) is 0 Å². The van der Waals surface area contributed by atoms with Crippen LogP contribution in [0.5, 0.6) is 0 Å². The van der Waals surface area contributed by atoms with Crippen molar-refractivity contribution in [3.8, 4) is 0 Å². The van der Waals surface area contributed by atoms with Crippen LogP contribution in [0.2, 0.25) is 0 Å². The van der Waals surface area contributed by atoms with Gasteiger partial charge in [-0.25, -0.2) is 0 Å². The van der Waals surface area contributed by atoms with Gasteiger partial charge in [0, 0.05) is 5.56 Å². The average Bonchev–Trinajstić information content (AvgIpc) is 2.46. The Hall–Kier alpha value is -1.64. The van der Waals surface area contributed by atoms with Gasteiger partial charge in [0.1, 0.15) is 0 Å². The number of amides is 1. The van der Waals surface area contributed by atoms with E-state index in [0.717, 1.165) is 22.4 Å². The number of carbonyl (C=O) groups excluding carboxylic acids is 2. The molecular formula is C12H13NO2. The van der Waals surface area contributed by atoms with Crippen LogP contribution in [-0.2, 0) is 11.2 Å². The molecule has 0 saturated heterocycles. The number of benzene rings is 1. The molecule has 0 atom stereocenters. The fraction of sp³-hybridized carbons (Fsp3) is 0.333. The summed E-state index contributed by atoms with van der Waals surface area (Å²) in [5.41, 5.74) is 4.35. The molecule has 78 valence electrons. The zero-order chi connectivity index (χ0) is 11.2. The Morgan fingerprint density at radius 1 is 1.40 bits per heavy atom. The molecule has 0 spiro atoms. The van der Waals surface area contributed by atoms with Crippen LogP contribution in [0.25, 0.3) is 0 Å². The van der Waals surface area contributed by atoms with Gasteiger partial charge in [-0.2, -0.15) is 0 Å². The molecule has 0 radical (unpaired) electrons. The van der Waals surface area contributed by atoms with E-state index in [1.54, 1.807) is 0 Å². The van der Waals surface area contributed by atoms with Gasteiger partial charge in [-0.15, -0.1) is 0 Å². The number of aryl methyl sites for hydroxylation is 1. The standard InChI is InChI=1S/C12H13NO2/c1-6-4-9-5-10(15)13-12(9)11(7(6)2)8(3)14/h4H,5H2,1-3H3,(H,13,15). The number of carbonyl (C=O) groups is 2. The van der Waals surface area contributed by atoms with E-state index in [1.807, 2.05) is 19.9 Å². The van der Waals surface area contributed by atoms with Gasteiger partial charge in [-0.1, -0.05) is 6.07 Å². The van der Waals surface area contributed by atoms with Crippen molar-refractivity contribution in [2.75, 3.05) is 5.32 Å². The Balaban J connectivity index is 2.73. The van der Waals surface area contributed by atoms with Gasteiger partial charge >= 0.3 is 0 Å². The molecule has 0 fully saturated rings. The van der Waals surface area contributed by atoms with Gasteiger partial charge in [-0.3, -0.25) is 9.59 Å². The van der Waals surface area contributed by atoms with Crippen LogP contribution in [0.1, 0.15) is 34.0 Å². The van der Waals surface area contributed by atoms with E-state index in [-0.39, 0.29) is 11.7 Å². The maximum Gasteiger partial charge on any atom is 0.228 e. The van der Waals surface area contributed by atoms with Crippen LogP contribution < -0.4 is 5.32 Å². The third-order valence-corrected chi connectivity index (χ3v) is 2.90. The molecule has 0 saturated carbocycles. The first-order valence-electron chi connectivity index (χ1n) is 4.94. The van der Waals surface area contributed by atoms with E-state index in [4.69, 9.17) is 0 Å². The normalized spacial score (nSPS) is 13.7. The molecule has 1 amide bonds. The Bertz CT molecular complexity index is 475. The third-order valence-electron chi connectivity index (χ3n) is 2.90. The molecule has 0 aromatic heterocycles. The molecule has 2 rings (SSSR count). The minimum absolute atomic E-state index is 0.00894. The number of Topliss-reactive ketones (excluding diaryl/α,β-unsaturated/α-hetero) is 1. The van der Waals surface area contributed by atoms with Crippen molar-refractivity contribution in [2.45, 2.75) is 27.2 Å². The summed E-state index contributed by atoms with van der Waals surface area (Å²) in [5, 5.41) is 2.76. The van der Waals surface area contributed by atoms with Crippen LogP contribution in [-0.4, -0.2) is 11.7 Å². The van der Waals surface area contributed by atoms with Crippen molar-refractivity contribution in [1.82, 2.24) is 0 Å². The topological polar surface area (TPSA) is 46.2 Å². The van der Waals surface area contributed by atoms with E-state index >= 15 is 0 Å². The highest BCUT2D eigenvalue weighted by atomic mass is 16.2. The lowest BCUT2D eigenvalue weighted by Crippen LogP contribution is -2.07. The average molecular weight is 203 g/mol. The molecule has 0 aliphatic carbocycles. The summed E-state index contributed by atoms with van der Waals surface area (Å²) < 4.78 is 0. The van der Waals surface area contributed by atoms with Crippen molar-refractivity contribution in [3.63, 3.8) is 0 Å². The van der Waals surface area contributed by atoms with Crippen molar-refractivity contribution < 1.29 is 9.59 Å². The van der Waals surface area contributed by atoms with Crippen molar-refractivity contribution in [2.24, 2.45) is 0 Å². The molecule has 1 heterocycles. The largest absolute Gasteiger partial charge is 0.325 e. The fourth-order valence-electron chi connectivity index (χ4n) is 2.07. The van der Waals surface area contributed by atoms with Gasteiger partial charge in [0.15, 0.2) is 5.78 Å². The minimum atomic E-state index is -0.0301. The zero-order valence-corrected chi connectivity index (χ0v) is 9.10. The second kappa shape index (κ2) is 3.19. The van der Waals surface area contributed by atoms with Gasteiger partial charge in [0.25, 0.3) is 0 Å². The second-order valence-corrected chi connectivity index (χ2v) is 4.01. The second-order valence-electron chi connectivity index (χ2n) is 4.01. The highest BCUT2D eigenvalue weighted by Gasteiger charge is 2.24. The number of hydrogen-bond donors (Lipinski definition) is 1. The fourth-order valence-corrected chi connectivity index (χ4v) is 2.07. The molecule has 3 heteroatoms. The molecule has 1 aromatic carbocycles. The molecule has 1 aliphatic heterocycles. The molecular weight excluding hydrogens is 190 g/mol. The van der Waals surface area contributed by atoms with Crippen molar-refractivity contribution in [3.05, 3.63) is 28.3 Å². The lowest BCUT2D eigenvalue weighted by Gasteiger charge is -2.11. The van der Waals surface area contributed by atoms with E-state index in [2.05, 4.69) is 5.32 Å². The highest BCUT2D eigenvalue weighted by Crippen LogP contribution is 2.32. The van der Waals surface area contributed by atoms with Crippen molar-refractivity contribution in [1.29, 1.82) is 0 Å². The first-order valence-corrected chi connectivity index (χ1v) is 4.94. The third kappa shape index (κ3) is 1.44. The Kier molecular flexibility index (Phi) is 2.11. The molecule has 0 bridgehead atoms. The summed E-state index contributed by atoms with van der Waals surface area (Å²) >= 11 is 0. The SMILES string of the molecule is CC(=O)c1c(C)c(C)cc2c1NC(=O)C2. The number of anilines is 1. The predicted molar refractivity (Wildman–Crippen MR) is 58.3 cm³/mol. The summed E-state index contributed by atoms with van der Waals surface area (Å²) in [6, 6.07) is 1.98. The zero-order valence-electron chi connectivity index (χ0n) is 9.10. The van der Waals surface area contributed by atoms with Crippen LogP contribution in [0, 0.1) is 13.8 Å². The minimum Gasteiger partial charge on any atom is -0.325 e. The quantitative estimate of drug-likeness (QED) is 0.709. The van der Waals surface area contributed by atoms with Gasteiger partial charge < -0.3 is 5.32 Å². The number of fused-ring (bicyclic) bond motifs is 1. The number of hydrogen-bond acceptors (Lipinski definition) is 2. The smallest absolute Gasteiger partial charge is 0.228 e. The lowest BCUT2D eigenvalue weighted by molar-refractivity contribution is -0.115. The molecule has 1 aromatic rings. The summed E-state index contributed by atoms with van der Waals surface area (Å²) in [4.78, 5) is 22.8. The maximum atomic E-state index is 11.5. The van der Waals surface area contributed by atoms with Crippen molar-refractivity contribution >= 4 is 17.4 Å². The molecule has 15 heavy (non-hydrogen) atoms. The summed E-state index contributed by atoms with van der Waals surface area (Å²) in [6.45, 7) is 5.41. The van der Waals surface area contributed by atoms with E-state index in [1.165, 1.54) is 6.92 Å². The van der Waals surface area contributed by atoms with Crippen LogP contribution >= 0.6 is 0 Å². The Morgan fingerprint density at radius 3 is 2.67 bits per heavy atom. The maximum absolute atomic E-state index is 11.5. The summed E-state index contributed by atoms with van der Waals surface area (Å²) in [6.07, 6.45) is 0.386. The molecule has 1 N–H and O–H groups in total. The Labute approximate surface area is 88.5 Å². The van der Waals surface area contributed by atoms with Gasteiger partial charge in [-0.05, 0) is 37.5 Å². The monoisotopic (exact) mass is 203 g/mol. The van der Waals surface area contributed by atoms with E-state index in [0.29, 0.717) is 12.0 Å². The van der Waals surface area contributed by atoms with E-state index < -0.39 is 0 Å². The highest BCUT2D eigenvalue weighted by molar-refractivity contribution is 6.09. The number of ketones is 1. The van der Waals surface area contributed by atoms with E-state index in [9.17, 15) is 9.59 Å². The summed E-state index contributed by atoms with van der Waals surface area (Å²) in [7, 11) is 0. The summed E-state index contributed by atoms with van der Waals surface area (Å²) in [5.74, 6) is -0.0212. The molecule has 1 aliphatic rings. The predicted octanol–water partition coefficient (Wildman–Crippen LogP) is 2.00.